The van der Waals surface area contributed by atoms with Crippen LogP contribution in [0.1, 0.15) is 206 Å². The maximum atomic E-state index is 12.8. The molecule has 6 unspecified atom stereocenters. The van der Waals surface area contributed by atoms with Crippen molar-refractivity contribution in [3.8, 4) is 0 Å². The van der Waals surface area contributed by atoms with Crippen LogP contribution in [0.4, 0.5) is 0 Å². The Bertz CT molecular complexity index is 1210. The Labute approximate surface area is 391 Å². The molecule has 1 fully saturated rings. The van der Waals surface area contributed by atoms with Gasteiger partial charge >= 0.3 is 5.97 Å². The SMILES string of the molecule is CC/C=C\C/C=C\C/C=C\C/C=C\C/C=C\C/C=C\CCCOCC(COC1OC(CO)C(O)C(O)C1O)OC(=O)CCCCCCCCCCCCCCCCCCCCCCC. The molecular formula is C55H96O9. The Hall–Kier alpha value is -2.37. The van der Waals surface area contributed by atoms with Gasteiger partial charge in [-0.3, -0.25) is 4.79 Å². The van der Waals surface area contributed by atoms with E-state index in [-0.39, 0.29) is 19.2 Å². The smallest absolute Gasteiger partial charge is 0.306 e. The fourth-order valence-electron chi connectivity index (χ4n) is 7.63. The first-order chi connectivity index (χ1) is 31.4. The number of aliphatic hydroxyl groups is 4. The lowest BCUT2D eigenvalue weighted by Crippen LogP contribution is -2.59. The predicted octanol–water partition coefficient (Wildman–Crippen LogP) is 12.8. The van der Waals surface area contributed by atoms with Crippen molar-refractivity contribution in [3.63, 3.8) is 0 Å². The zero-order chi connectivity index (χ0) is 46.4. The normalized spacial score (nSPS) is 20.1. The molecule has 0 radical (unpaired) electrons. The summed E-state index contributed by atoms with van der Waals surface area (Å²) in [6, 6.07) is 0. The van der Waals surface area contributed by atoms with Crippen molar-refractivity contribution in [2.75, 3.05) is 26.4 Å². The summed E-state index contributed by atoms with van der Waals surface area (Å²) in [4.78, 5) is 12.8. The lowest BCUT2D eigenvalue weighted by Gasteiger charge is -2.39. The number of carbonyl (C=O) groups excluding carboxylic acids is 1. The number of carbonyl (C=O) groups is 1. The molecule has 0 aromatic carbocycles. The third-order valence-corrected chi connectivity index (χ3v) is 11.6. The van der Waals surface area contributed by atoms with Gasteiger partial charge in [-0.25, -0.2) is 0 Å². The van der Waals surface area contributed by atoms with Crippen molar-refractivity contribution in [1.29, 1.82) is 0 Å². The fourth-order valence-corrected chi connectivity index (χ4v) is 7.63. The average Bonchev–Trinajstić information content (AvgIpc) is 3.30. The number of esters is 1. The first-order valence-electron chi connectivity index (χ1n) is 26.0. The first kappa shape index (κ1) is 59.6. The van der Waals surface area contributed by atoms with Crippen LogP contribution in [0.25, 0.3) is 0 Å². The van der Waals surface area contributed by atoms with Crippen molar-refractivity contribution in [3.05, 3.63) is 72.9 Å². The summed E-state index contributed by atoms with van der Waals surface area (Å²) in [6.07, 6.45) is 53.8. The number of ether oxygens (including phenoxy) is 4. The van der Waals surface area contributed by atoms with Gasteiger partial charge in [0.25, 0.3) is 0 Å². The Morgan fingerprint density at radius 1 is 0.516 bits per heavy atom. The molecule has 1 rings (SSSR count). The van der Waals surface area contributed by atoms with Crippen LogP contribution >= 0.6 is 0 Å². The molecule has 0 aromatic heterocycles. The highest BCUT2D eigenvalue weighted by atomic mass is 16.7. The topological polar surface area (TPSA) is 135 Å². The predicted molar refractivity (Wildman–Crippen MR) is 265 cm³/mol. The van der Waals surface area contributed by atoms with Gasteiger partial charge in [0.1, 0.15) is 30.5 Å². The van der Waals surface area contributed by atoms with Crippen molar-refractivity contribution in [2.45, 2.75) is 243 Å². The van der Waals surface area contributed by atoms with Crippen LogP contribution in [0.5, 0.6) is 0 Å². The van der Waals surface area contributed by atoms with Gasteiger partial charge in [0.2, 0.25) is 0 Å². The van der Waals surface area contributed by atoms with Gasteiger partial charge in [-0.15, -0.1) is 0 Å². The third-order valence-electron chi connectivity index (χ3n) is 11.6. The van der Waals surface area contributed by atoms with E-state index in [2.05, 4.69) is 86.8 Å². The molecule has 1 saturated heterocycles. The second kappa shape index (κ2) is 45.8. The van der Waals surface area contributed by atoms with Gasteiger partial charge in [0, 0.05) is 13.0 Å². The minimum absolute atomic E-state index is 0.103. The molecule has 64 heavy (non-hydrogen) atoms. The minimum Gasteiger partial charge on any atom is -0.457 e. The van der Waals surface area contributed by atoms with E-state index in [9.17, 15) is 25.2 Å². The minimum atomic E-state index is -1.55. The van der Waals surface area contributed by atoms with Crippen LogP contribution in [0.15, 0.2) is 72.9 Å². The van der Waals surface area contributed by atoms with Gasteiger partial charge in [-0.2, -0.15) is 0 Å². The molecule has 0 amide bonds. The summed E-state index contributed by atoms with van der Waals surface area (Å²) in [7, 11) is 0. The summed E-state index contributed by atoms with van der Waals surface area (Å²) < 4.78 is 22.8. The molecule has 4 N–H and O–H groups in total. The summed E-state index contributed by atoms with van der Waals surface area (Å²) >= 11 is 0. The van der Waals surface area contributed by atoms with Crippen LogP contribution in [-0.2, 0) is 23.7 Å². The van der Waals surface area contributed by atoms with Crippen molar-refractivity contribution in [1.82, 2.24) is 0 Å². The quantitative estimate of drug-likeness (QED) is 0.0268. The summed E-state index contributed by atoms with van der Waals surface area (Å²) in [5.41, 5.74) is 0. The molecule has 0 aromatic rings. The van der Waals surface area contributed by atoms with Crippen LogP contribution in [-0.4, -0.2) is 89.6 Å². The van der Waals surface area contributed by atoms with Gasteiger partial charge in [0.15, 0.2) is 6.29 Å². The van der Waals surface area contributed by atoms with E-state index in [0.29, 0.717) is 13.0 Å². The van der Waals surface area contributed by atoms with Gasteiger partial charge in [-0.1, -0.05) is 215 Å². The van der Waals surface area contributed by atoms with E-state index < -0.39 is 43.4 Å². The fraction of sp³-hybridized carbons (Fsp3) is 0.764. The maximum absolute atomic E-state index is 12.8. The summed E-state index contributed by atoms with van der Waals surface area (Å²) in [6.45, 7) is 4.31. The lowest BCUT2D eigenvalue weighted by molar-refractivity contribution is -0.305. The van der Waals surface area contributed by atoms with Crippen LogP contribution < -0.4 is 0 Å². The molecule has 9 heteroatoms. The van der Waals surface area contributed by atoms with Crippen molar-refractivity contribution in [2.24, 2.45) is 0 Å². The molecule has 0 spiro atoms. The van der Waals surface area contributed by atoms with Crippen LogP contribution in [0.3, 0.4) is 0 Å². The maximum Gasteiger partial charge on any atom is 0.306 e. The number of rotatable bonds is 44. The second-order valence-corrected chi connectivity index (χ2v) is 17.6. The van der Waals surface area contributed by atoms with E-state index in [1.807, 2.05) is 0 Å². The highest BCUT2D eigenvalue weighted by Crippen LogP contribution is 2.23. The zero-order valence-electron chi connectivity index (χ0n) is 40.8. The monoisotopic (exact) mass is 901 g/mol. The molecule has 1 aliphatic rings. The highest BCUT2D eigenvalue weighted by Gasteiger charge is 2.44. The van der Waals surface area contributed by atoms with Gasteiger partial charge in [-0.05, 0) is 57.8 Å². The molecule has 6 atom stereocenters. The average molecular weight is 901 g/mol. The summed E-state index contributed by atoms with van der Waals surface area (Å²) in [5.74, 6) is -0.332. The van der Waals surface area contributed by atoms with E-state index >= 15 is 0 Å². The van der Waals surface area contributed by atoms with E-state index in [4.69, 9.17) is 18.9 Å². The first-order valence-corrected chi connectivity index (χ1v) is 26.0. The molecule has 0 aliphatic carbocycles. The number of allylic oxidation sites excluding steroid dienone is 12. The van der Waals surface area contributed by atoms with E-state index in [1.54, 1.807) is 0 Å². The standard InChI is InChI=1S/C55H96O9/c1-3-5-7-9-11-13-15-17-19-21-23-25-26-28-30-32-34-36-38-40-42-44-51(57)63-49(48-62-55-54(60)53(59)52(58)50(46-56)64-55)47-61-45-43-41-39-37-35-33-31-29-27-24-22-20-18-16-14-12-10-8-6-4-2/h6,8,12,14,18,20,24,27,31,33,37,39,49-50,52-56,58-60H,3-5,7,9-11,13,15-17,19,21-23,25-26,28-30,32,34-36,38,40-48H2,1-2H3/b8-6-,14-12-,20-18-,27-24-,33-31-,39-37-. The van der Waals surface area contributed by atoms with E-state index in [0.717, 1.165) is 70.6 Å². The van der Waals surface area contributed by atoms with E-state index in [1.165, 1.54) is 116 Å². The summed E-state index contributed by atoms with van der Waals surface area (Å²) in [5, 5.41) is 40.2. The largest absolute Gasteiger partial charge is 0.457 e. The zero-order valence-corrected chi connectivity index (χ0v) is 40.8. The van der Waals surface area contributed by atoms with Crippen molar-refractivity contribution >= 4 is 5.97 Å². The van der Waals surface area contributed by atoms with Crippen LogP contribution in [0, 0.1) is 0 Å². The second-order valence-electron chi connectivity index (χ2n) is 17.6. The Kier molecular flexibility index (Phi) is 42.7. The molecule has 9 nitrogen and oxygen atoms in total. The molecule has 1 heterocycles. The van der Waals surface area contributed by atoms with Crippen LogP contribution in [0.2, 0.25) is 0 Å². The number of hydrogen-bond acceptors (Lipinski definition) is 9. The van der Waals surface area contributed by atoms with Gasteiger partial charge in [0.05, 0.1) is 19.8 Å². The third kappa shape index (κ3) is 35.8. The molecule has 1 aliphatic heterocycles. The number of aliphatic hydroxyl groups excluding tert-OH is 4. The highest BCUT2D eigenvalue weighted by molar-refractivity contribution is 5.69. The Morgan fingerprint density at radius 3 is 1.38 bits per heavy atom. The van der Waals surface area contributed by atoms with Gasteiger partial charge < -0.3 is 39.4 Å². The molecule has 0 bridgehead atoms. The lowest BCUT2D eigenvalue weighted by atomic mass is 9.99. The molecule has 370 valence electrons. The Morgan fingerprint density at radius 2 is 0.938 bits per heavy atom. The Balaban J connectivity index is 2.24. The molecular weight excluding hydrogens is 805 g/mol. The number of hydrogen-bond donors (Lipinski definition) is 4. The molecule has 0 saturated carbocycles. The van der Waals surface area contributed by atoms with Crippen molar-refractivity contribution < 1.29 is 44.2 Å². The number of unbranched alkanes of at least 4 members (excludes halogenated alkanes) is 21.